The first-order valence-corrected chi connectivity index (χ1v) is 5.42. The first kappa shape index (κ1) is 12.9. The van der Waals surface area contributed by atoms with Gasteiger partial charge in [0.05, 0.1) is 12.7 Å². The van der Waals surface area contributed by atoms with Crippen molar-refractivity contribution in [2.24, 2.45) is 0 Å². The number of benzene rings is 2. The second-order valence-corrected chi connectivity index (χ2v) is 3.92. The van der Waals surface area contributed by atoms with Crippen LogP contribution in [-0.2, 0) is 0 Å². The molecule has 5 heteroatoms. The molecule has 2 rings (SSSR count). The number of halogens is 1. The van der Waals surface area contributed by atoms with Crippen LogP contribution in [0.25, 0.3) is 11.1 Å². The molecule has 0 aliphatic rings. The SMILES string of the molecule is COc1cc(C(=O)O)cc(-c2cc(F)ccc2O)c1. The molecule has 19 heavy (non-hydrogen) atoms. The molecule has 0 fully saturated rings. The highest BCUT2D eigenvalue weighted by Gasteiger charge is 2.12. The van der Waals surface area contributed by atoms with Crippen LogP contribution >= 0.6 is 0 Å². The summed E-state index contributed by atoms with van der Waals surface area (Å²) in [5, 5.41) is 18.7. The molecular formula is C14H11FO4. The highest BCUT2D eigenvalue weighted by atomic mass is 19.1. The fourth-order valence-electron chi connectivity index (χ4n) is 1.74. The van der Waals surface area contributed by atoms with Crippen molar-refractivity contribution in [3.8, 4) is 22.6 Å². The molecule has 0 aliphatic carbocycles. The van der Waals surface area contributed by atoms with E-state index in [1.807, 2.05) is 0 Å². The van der Waals surface area contributed by atoms with Gasteiger partial charge in [0, 0.05) is 5.56 Å². The van der Waals surface area contributed by atoms with Gasteiger partial charge in [-0.3, -0.25) is 0 Å². The molecule has 0 heterocycles. The Bertz CT molecular complexity index is 637. The lowest BCUT2D eigenvalue weighted by atomic mass is 10.0. The van der Waals surface area contributed by atoms with E-state index >= 15 is 0 Å². The summed E-state index contributed by atoms with van der Waals surface area (Å²) >= 11 is 0. The van der Waals surface area contributed by atoms with Gasteiger partial charge >= 0.3 is 5.97 Å². The van der Waals surface area contributed by atoms with Crippen molar-refractivity contribution in [1.82, 2.24) is 0 Å². The van der Waals surface area contributed by atoms with Crippen molar-refractivity contribution in [3.05, 3.63) is 47.8 Å². The van der Waals surface area contributed by atoms with Crippen LogP contribution in [0.15, 0.2) is 36.4 Å². The molecule has 98 valence electrons. The maximum absolute atomic E-state index is 13.2. The van der Waals surface area contributed by atoms with Gasteiger partial charge in [-0.15, -0.1) is 0 Å². The van der Waals surface area contributed by atoms with Crippen molar-refractivity contribution >= 4 is 5.97 Å². The summed E-state index contributed by atoms with van der Waals surface area (Å²) in [5.41, 5.74) is 0.577. The first-order valence-electron chi connectivity index (χ1n) is 5.42. The van der Waals surface area contributed by atoms with Gasteiger partial charge in [0.15, 0.2) is 0 Å². The Morgan fingerprint density at radius 1 is 1.21 bits per heavy atom. The Hall–Kier alpha value is -2.56. The number of aromatic carboxylic acids is 1. The number of carboxylic acids is 1. The predicted molar refractivity (Wildman–Crippen MR) is 67.0 cm³/mol. The molecule has 0 saturated heterocycles. The minimum absolute atomic E-state index is 0.00184. The lowest BCUT2D eigenvalue weighted by Crippen LogP contribution is -1.98. The minimum Gasteiger partial charge on any atom is -0.507 e. The summed E-state index contributed by atoms with van der Waals surface area (Å²) in [7, 11) is 1.40. The maximum atomic E-state index is 13.2. The van der Waals surface area contributed by atoms with E-state index in [2.05, 4.69) is 0 Å². The minimum atomic E-state index is -1.13. The zero-order valence-electron chi connectivity index (χ0n) is 10.1. The van der Waals surface area contributed by atoms with Gasteiger partial charge in [-0.25, -0.2) is 9.18 Å². The Balaban J connectivity index is 2.64. The summed E-state index contributed by atoms with van der Waals surface area (Å²) in [4.78, 5) is 11.0. The summed E-state index contributed by atoms with van der Waals surface area (Å²) < 4.78 is 18.2. The highest BCUT2D eigenvalue weighted by Crippen LogP contribution is 2.32. The quantitative estimate of drug-likeness (QED) is 0.892. The molecule has 0 aromatic heterocycles. The zero-order chi connectivity index (χ0) is 14.0. The van der Waals surface area contributed by atoms with Crippen molar-refractivity contribution < 1.29 is 24.1 Å². The maximum Gasteiger partial charge on any atom is 0.335 e. The van der Waals surface area contributed by atoms with Crippen LogP contribution in [0.2, 0.25) is 0 Å². The Kier molecular flexibility index (Phi) is 3.37. The molecule has 2 aromatic carbocycles. The highest BCUT2D eigenvalue weighted by molar-refractivity contribution is 5.90. The van der Waals surface area contributed by atoms with Crippen LogP contribution in [0.5, 0.6) is 11.5 Å². The fourth-order valence-corrected chi connectivity index (χ4v) is 1.74. The summed E-state index contributed by atoms with van der Waals surface area (Å²) in [5.74, 6) is -1.46. The molecule has 0 bridgehead atoms. The van der Waals surface area contributed by atoms with Crippen LogP contribution in [-0.4, -0.2) is 23.3 Å². The number of hydrogen-bond donors (Lipinski definition) is 2. The Labute approximate surface area is 108 Å². The van der Waals surface area contributed by atoms with E-state index in [4.69, 9.17) is 9.84 Å². The average molecular weight is 262 g/mol. The Morgan fingerprint density at radius 3 is 2.58 bits per heavy atom. The van der Waals surface area contributed by atoms with Gasteiger partial charge in [0.2, 0.25) is 0 Å². The lowest BCUT2D eigenvalue weighted by molar-refractivity contribution is 0.0696. The standard InChI is InChI=1S/C14H11FO4/c1-19-11-5-8(4-9(6-11)14(17)18)12-7-10(15)2-3-13(12)16/h2-7,16H,1H3,(H,17,18). The lowest BCUT2D eigenvalue weighted by Gasteiger charge is -2.09. The van der Waals surface area contributed by atoms with E-state index in [-0.39, 0.29) is 16.9 Å². The smallest absolute Gasteiger partial charge is 0.335 e. The van der Waals surface area contributed by atoms with Gasteiger partial charge in [-0.1, -0.05) is 0 Å². The summed E-state index contributed by atoms with van der Waals surface area (Å²) in [6.07, 6.45) is 0. The summed E-state index contributed by atoms with van der Waals surface area (Å²) in [6, 6.07) is 7.69. The fraction of sp³-hybridized carbons (Fsp3) is 0.0714. The van der Waals surface area contributed by atoms with Crippen LogP contribution in [0.3, 0.4) is 0 Å². The summed E-state index contributed by atoms with van der Waals surface area (Å²) in [6.45, 7) is 0. The normalized spacial score (nSPS) is 10.2. The Morgan fingerprint density at radius 2 is 1.95 bits per heavy atom. The van der Waals surface area contributed by atoms with Gasteiger partial charge in [-0.05, 0) is 42.0 Å². The number of carboxylic acid groups (broad SMARTS) is 1. The molecule has 0 atom stereocenters. The molecule has 0 spiro atoms. The van der Waals surface area contributed by atoms with Crippen LogP contribution in [0, 0.1) is 5.82 Å². The van der Waals surface area contributed by atoms with Crippen molar-refractivity contribution in [2.45, 2.75) is 0 Å². The van der Waals surface area contributed by atoms with Crippen LogP contribution < -0.4 is 4.74 Å². The van der Waals surface area contributed by atoms with Crippen molar-refractivity contribution in [1.29, 1.82) is 0 Å². The first-order chi connectivity index (χ1) is 9.01. The third kappa shape index (κ3) is 2.65. The topological polar surface area (TPSA) is 66.8 Å². The van der Waals surface area contributed by atoms with E-state index in [0.717, 1.165) is 12.1 Å². The van der Waals surface area contributed by atoms with Gasteiger partial charge < -0.3 is 14.9 Å². The second kappa shape index (κ2) is 4.97. The number of rotatable bonds is 3. The molecule has 0 saturated carbocycles. The van der Waals surface area contributed by atoms with Gasteiger partial charge in [0.25, 0.3) is 0 Å². The number of methoxy groups -OCH3 is 1. The monoisotopic (exact) mass is 262 g/mol. The van der Waals surface area contributed by atoms with E-state index in [0.29, 0.717) is 11.3 Å². The van der Waals surface area contributed by atoms with Crippen molar-refractivity contribution in [3.63, 3.8) is 0 Å². The van der Waals surface area contributed by atoms with Crippen molar-refractivity contribution in [2.75, 3.05) is 7.11 Å². The third-order valence-corrected chi connectivity index (χ3v) is 2.66. The van der Waals surface area contributed by atoms with Crippen LogP contribution in [0.1, 0.15) is 10.4 Å². The number of ether oxygens (including phenoxy) is 1. The molecule has 2 aromatic rings. The number of carbonyl (C=O) groups is 1. The number of phenols is 1. The molecule has 0 aliphatic heterocycles. The van der Waals surface area contributed by atoms with Gasteiger partial charge in [0.1, 0.15) is 17.3 Å². The predicted octanol–water partition coefficient (Wildman–Crippen LogP) is 2.91. The van der Waals surface area contributed by atoms with E-state index in [1.54, 1.807) is 0 Å². The molecule has 2 N–H and O–H groups in total. The van der Waals surface area contributed by atoms with Gasteiger partial charge in [-0.2, -0.15) is 0 Å². The number of hydrogen-bond acceptors (Lipinski definition) is 3. The second-order valence-electron chi connectivity index (χ2n) is 3.92. The molecule has 0 radical (unpaired) electrons. The number of aromatic hydroxyl groups is 1. The molecule has 0 amide bonds. The zero-order valence-corrected chi connectivity index (χ0v) is 10.1. The van der Waals surface area contributed by atoms with E-state index in [9.17, 15) is 14.3 Å². The average Bonchev–Trinajstić information content (AvgIpc) is 2.40. The van der Waals surface area contributed by atoms with E-state index in [1.165, 1.54) is 31.4 Å². The molecule has 4 nitrogen and oxygen atoms in total. The number of phenolic OH excluding ortho intramolecular Hbond substituents is 1. The third-order valence-electron chi connectivity index (χ3n) is 2.66. The molecular weight excluding hydrogens is 251 g/mol. The van der Waals surface area contributed by atoms with E-state index < -0.39 is 11.8 Å². The molecule has 0 unspecified atom stereocenters. The largest absolute Gasteiger partial charge is 0.507 e. The van der Waals surface area contributed by atoms with Crippen LogP contribution in [0.4, 0.5) is 4.39 Å².